The van der Waals surface area contributed by atoms with Crippen LogP contribution in [0.4, 0.5) is 5.69 Å². The van der Waals surface area contributed by atoms with E-state index in [-0.39, 0.29) is 11.4 Å². The Morgan fingerprint density at radius 3 is 2.61 bits per heavy atom. The second kappa shape index (κ2) is 8.79. The highest BCUT2D eigenvalue weighted by molar-refractivity contribution is 7.99. The molecule has 4 rings (SSSR count). The molecule has 11 heteroatoms. The van der Waals surface area contributed by atoms with Crippen molar-refractivity contribution < 1.29 is 19.7 Å². The Hall–Kier alpha value is -3.99. The van der Waals surface area contributed by atoms with Gasteiger partial charge in [-0.2, -0.15) is 5.10 Å². The predicted octanol–water partition coefficient (Wildman–Crippen LogP) is 3.68. The van der Waals surface area contributed by atoms with E-state index in [1.807, 2.05) is 36.4 Å². The first-order valence-electron chi connectivity index (χ1n) is 9.07. The molecule has 0 radical (unpaired) electrons. The molecule has 0 amide bonds. The van der Waals surface area contributed by atoms with Gasteiger partial charge in [-0.3, -0.25) is 15.0 Å². The quantitative estimate of drug-likeness (QED) is 0.280. The number of benzene rings is 2. The molecule has 3 N–H and O–H groups in total. The molecule has 2 aromatic carbocycles. The number of nitrogens with zero attached hydrogens (tertiary/aromatic N) is 4. The van der Waals surface area contributed by atoms with Crippen LogP contribution >= 0.6 is 11.8 Å². The number of rotatable bonds is 8. The fourth-order valence-corrected chi connectivity index (χ4v) is 3.49. The number of H-pyrrole nitrogens is 2. The van der Waals surface area contributed by atoms with Crippen LogP contribution in [0.1, 0.15) is 0 Å². The van der Waals surface area contributed by atoms with Crippen LogP contribution in [0.15, 0.2) is 59.9 Å². The molecule has 0 aliphatic carbocycles. The first kappa shape index (κ1) is 20.3. The maximum Gasteiger partial charge on any atom is 0.318 e. The van der Waals surface area contributed by atoms with Gasteiger partial charge < -0.3 is 5.11 Å². The van der Waals surface area contributed by atoms with Gasteiger partial charge in [-0.15, -0.1) is 5.10 Å². The number of nitrogens with one attached hydrogen (secondary N) is 2. The SMILES string of the molecule is CO[N+](=O)c1cc(-c2cccc(-c3ccn[nH]3)c2)cc(-c2nc(SCC(=O)O)n[nH]2)c1. The first-order valence-corrected chi connectivity index (χ1v) is 10.1. The average Bonchev–Trinajstić information content (AvgIpc) is 3.49. The van der Waals surface area contributed by atoms with Crippen LogP contribution in [-0.4, -0.2) is 54.2 Å². The lowest BCUT2D eigenvalue weighted by Crippen LogP contribution is -1.99. The minimum absolute atomic E-state index is 0.152. The third kappa shape index (κ3) is 4.61. The fraction of sp³-hybridized carbons (Fsp3) is 0.100. The van der Waals surface area contributed by atoms with Crippen molar-refractivity contribution in [3.05, 3.63) is 59.6 Å². The summed E-state index contributed by atoms with van der Waals surface area (Å²) in [4.78, 5) is 32.5. The lowest BCUT2D eigenvalue weighted by atomic mass is 9.99. The van der Waals surface area contributed by atoms with E-state index < -0.39 is 5.97 Å². The Bertz CT molecular complexity index is 1240. The lowest BCUT2D eigenvalue weighted by Gasteiger charge is -2.06. The minimum Gasteiger partial charge on any atom is -0.481 e. The summed E-state index contributed by atoms with van der Waals surface area (Å²) in [5.74, 6) is -0.703. The van der Waals surface area contributed by atoms with E-state index in [0.717, 1.165) is 34.1 Å². The standard InChI is InChI=1S/C20H16N6O4S/c1-30-26(29)16-9-14(12-3-2-4-13(7-12)17-5-6-21-23-17)8-15(10-16)19-22-20(25-24-19)31-11-18(27)28/h2-10H,11H2,1H3,(H2-,21,22,23,24,25,27,28)/p+1. The van der Waals surface area contributed by atoms with Crippen LogP contribution < -0.4 is 0 Å². The summed E-state index contributed by atoms with van der Waals surface area (Å²) in [6.45, 7) is 0. The van der Waals surface area contributed by atoms with Crippen molar-refractivity contribution in [1.82, 2.24) is 25.4 Å². The number of aromatic nitrogens is 5. The van der Waals surface area contributed by atoms with Crippen molar-refractivity contribution in [1.29, 1.82) is 0 Å². The van der Waals surface area contributed by atoms with Crippen LogP contribution in [-0.2, 0) is 9.63 Å². The molecule has 0 bridgehead atoms. The zero-order valence-electron chi connectivity index (χ0n) is 16.3. The normalized spacial score (nSPS) is 10.7. The van der Waals surface area contributed by atoms with Gasteiger partial charge in [0.15, 0.2) is 12.9 Å². The predicted molar refractivity (Wildman–Crippen MR) is 113 cm³/mol. The Balaban J connectivity index is 1.75. The second-order valence-electron chi connectivity index (χ2n) is 6.41. The maximum atomic E-state index is 12.2. The summed E-state index contributed by atoms with van der Waals surface area (Å²) in [6, 6.07) is 14.8. The van der Waals surface area contributed by atoms with E-state index in [1.165, 1.54) is 7.11 Å². The first-order chi connectivity index (χ1) is 15.0. The van der Waals surface area contributed by atoms with Gasteiger partial charge in [0.25, 0.3) is 4.92 Å². The molecule has 156 valence electrons. The molecule has 0 spiro atoms. The van der Waals surface area contributed by atoms with E-state index in [2.05, 4.69) is 25.4 Å². The van der Waals surface area contributed by atoms with Crippen LogP contribution in [0.25, 0.3) is 33.8 Å². The maximum absolute atomic E-state index is 12.2. The Morgan fingerprint density at radius 1 is 1.10 bits per heavy atom. The molecule has 0 fully saturated rings. The number of hydrogen-bond acceptors (Lipinski definition) is 7. The van der Waals surface area contributed by atoms with Crippen LogP contribution in [0.2, 0.25) is 0 Å². The molecule has 31 heavy (non-hydrogen) atoms. The van der Waals surface area contributed by atoms with Gasteiger partial charge in [-0.1, -0.05) is 30.0 Å². The molecule has 0 unspecified atom stereocenters. The zero-order chi connectivity index (χ0) is 21.8. The van der Waals surface area contributed by atoms with Crippen LogP contribution in [0.3, 0.4) is 0 Å². The van der Waals surface area contributed by atoms with E-state index in [0.29, 0.717) is 21.5 Å². The number of thioether (sulfide) groups is 1. The number of carbonyl (C=O) groups is 1. The van der Waals surface area contributed by atoms with E-state index in [1.54, 1.807) is 18.3 Å². The van der Waals surface area contributed by atoms with Gasteiger partial charge >= 0.3 is 11.7 Å². The highest BCUT2D eigenvalue weighted by Gasteiger charge is 2.20. The number of aromatic amines is 2. The van der Waals surface area contributed by atoms with E-state index >= 15 is 0 Å². The van der Waals surface area contributed by atoms with Crippen molar-refractivity contribution >= 4 is 23.4 Å². The van der Waals surface area contributed by atoms with Crippen molar-refractivity contribution in [2.45, 2.75) is 5.16 Å². The average molecular weight is 437 g/mol. The van der Waals surface area contributed by atoms with E-state index in [9.17, 15) is 9.70 Å². The molecule has 4 aromatic rings. The lowest BCUT2D eigenvalue weighted by molar-refractivity contribution is -0.736. The molecule has 0 saturated heterocycles. The molecule has 0 atom stereocenters. The van der Waals surface area contributed by atoms with Crippen molar-refractivity contribution in [3.63, 3.8) is 0 Å². The van der Waals surface area contributed by atoms with Crippen molar-refractivity contribution in [3.8, 4) is 33.8 Å². The molecular weight excluding hydrogens is 420 g/mol. The summed E-state index contributed by atoms with van der Waals surface area (Å²) in [5, 5.41) is 22.9. The van der Waals surface area contributed by atoms with Gasteiger partial charge in [0, 0.05) is 29.5 Å². The van der Waals surface area contributed by atoms with Gasteiger partial charge in [0.1, 0.15) is 0 Å². The minimum atomic E-state index is -0.958. The fourth-order valence-electron chi connectivity index (χ4n) is 2.97. The van der Waals surface area contributed by atoms with Crippen molar-refractivity contribution in [2.75, 3.05) is 12.9 Å². The summed E-state index contributed by atoms with van der Waals surface area (Å²) in [5.41, 5.74) is 4.34. The molecule has 2 aromatic heterocycles. The number of hydrogen-bond donors (Lipinski definition) is 3. The summed E-state index contributed by atoms with van der Waals surface area (Å²) in [7, 11) is 1.29. The Kier molecular flexibility index (Phi) is 5.76. The summed E-state index contributed by atoms with van der Waals surface area (Å²) >= 11 is 1.00. The summed E-state index contributed by atoms with van der Waals surface area (Å²) < 4.78 is 0. The third-order valence-electron chi connectivity index (χ3n) is 4.37. The molecule has 0 saturated carbocycles. The largest absolute Gasteiger partial charge is 0.481 e. The second-order valence-corrected chi connectivity index (χ2v) is 7.35. The summed E-state index contributed by atoms with van der Waals surface area (Å²) in [6.07, 6.45) is 1.68. The van der Waals surface area contributed by atoms with Gasteiger partial charge in [-0.05, 0) is 29.3 Å². The van der Waals surface area contributed by atoms with Crippen LogP contribution in [0, 0.1) is 4.91 Å². The van der Waals surface area contributed by atoms with Crippen LogP contribution in [0.5, 0.6) is 0 Å². The van der Waals surface area contributed by atoms with Gasteiger partial charge in [0.05, 0.1) is 16.4 Å². The van der Waals surface area contributed by atoms with Gasteiger partial charge in [-0.25, -0.2) is 9.82 Å². The topological polar surface area (TPSA) is 137 Å². The molecule has 0 aliphatic heterocycles. The van der Waals surface area contributed by atoms with E-state index in [4.69, 9.17) is 9.94 Å². The zero-order valence-corrected chi connectivity index (χ0v) is 17.1. The number of aliphatic carboxylic acids is 1. The van der Waals surface area contributed by atoms with Gasteiger partial charge in [0.2, 0.25) is 5.16 Å². The third-order valence-corrected chi connectivity index (χ3v) is 5.20. The highest BCUT2D eigenvalue weighted by atomic mass is 32.2. The molecule has 0 aliphatic rings. The molecule has 10 nitrogen and oxygen atoms in total. The van der Waals surface area contributed by atoms with Crippen molar-refractivity contribution in [2.24, 2.45) is 0 Å². The Morgan fingerprint density at radius 2 is 1.87 bits per heavy atom. The smallest absolute Gasteiger partial charge is 0.318 e. The Labute approximate surface area is 180 Å². The molecular formula is C20H17N6O4S+. The number of carboxylic acids is 1. The monoisotopic (exact) mass is 437 g/mol. The highest BCUT2D eigenvalue weighted by Crippen LogP contribution is 2.32. The molecule has 2 heterocycles. The number of carboxylic acid groups (broad SMARTS) is 1.